The van der Waals surface area contributed by atoms with Crippen LogP contribution < -0.4 is 49.0 Å². The molecule has 0 bridgehead atoms. The lowest BCUT2D eigenvalue weighted by atomic mass is 10.1. The number of anilines is 1. The molecule has 0 aliphatic carbocycles. The topological polar surface area (TPSA) is 49.4 Å². The van der Waals surface area contributed by atoms with Crippen molar-refractivity contribution >= 4 is 91.2 Å². The van der Waals surface area contributed by atoms with Crippen molar-refractivity contribution in [3.05, 3.63) is 288 Å². The van der Waals surface area contributed by atoms with E-state index in [0.717, 1.165) is 35.2 Å². The van der Waals surface area contributed by atoms with Gasteiger partial charge < -0.3 is 28.2 Å². The minimum absolute atomic E-state index is 0.399. The van der Waals surface area contributed by atoms with E-state index in [2.05, 4.69) is 332 Å². The Kier molecular flexibility index (Phi) is 51.3. The molecule has 0 aliphatic rings. The molecule has 0 heterocycles. The predicted octanol–water partition coefficient (Wildman–Crippen LogP) is 27.0. The molecule has 0 unspecified atom stereocenters. The molecule has 0 spiro atoms. The smallest absolute Gasteiger partial charge is 0.181 e. The summed E-state index contributed by atoms with van der Waals surface area (Å²) in [6, 6.07) is 101. The normalized spacial score (nSPS) is 10.7. The van der Waals surface area contributed by atoms with Gasteiger partial charge in [-0.15, -0.1) is 23.5 Å². The third kappa shape index (κ3) is 34.6. The molecule has 113 heavy (non-hydrogen) atoms. The summed E-state index contributed by atoms with van der Waals surface area (Å²) in [6.07, 6.45) is 3.22. The summed E-state index contributed by atoms with van der Waals surface area (Å²) in [5.74, 6) is 5.15. The molecule has 13 heteroatoms. The van der Waals surface area contributed by atoms with E-state index in [4.69, 9.17) is 23.7 Å². The number of hydrogen-bond donors (Lipinski definition) is 0. The summed E-state index contributed by atoms with van der Waals surface area (Å²) >= 11 is 3.81. The Bertz CT molecular complexity index is 3870. The average Bonchev–Trinajstić information content (AvgIpc) is 0.806. The first kappa shape index (κ1) is 102. The fourth-order valence-electron chi connectivity index (χ4n) is 13.7. The molecular weight excluding hydrogens is 1500 g/mol. The molecule has 0 amide bonds. The van der Waals surface area contributed by atoms with Gasteiger partial charge >= 0.3 is 0 Å². The third-order valence-electron chi connectivity index (χ3n) is 22.9. The average molecular weight is 1650 g/mol. The Hall–Kier alpha value is -7.22. The molecule has 0 radical (unpaired) electrons. The van der Waals surface area contributed by atoms with Crippen molar-refractivity contribution in [2.24, 2.45) is 0 Å². The predicted molar refractivity (Wildman–Crippen MR) is 522 cm³/mol. The number of thioether (sulfide) groups is 2. The highest BCUT2D eigenvalue weighted by molar-refractivity contribution is 8.00. The number of nitrogens with zero attached hydrogens (tertiary/aromatic N) is 1. The maximum Gasteiger partial charge on any atom is 0.181 e. The highest BCUT2D eigenvalue weighted by Gasteiger charge is 2.35. The first-order chi connectivity index (χ1) is 54.3. The van der Waals surface area contributed by atoms with Crippen molar-refractivity contribution in [3.63, 3.8) is 0 Å². The summed E-state index contributed by atoms with van der Waals surface area (Å²) in [7, 11) is 4.96. The van der Waals surface area contributed by atoms with Gasteiger partial charge in [-0.2, -0.15) is 0 Å². The Morgan fingerprint density at radius 1 is 0.336 bits per heavy atom. The van der Waals surface area contributed by atoms with Crippen LogP contribution in [0.15, 0.2) is 259 Å². The molecule has 0 fully saturated rings. The number of para-hydroxylation sites is 1. The number of aryl methyl sites for hydroxylation is 7. The van der Waals surface area contributed by atoms with Crippen molar-refractivity contribution in [2.45, 2.75) is 220 Å². The monoisotopic (exact) mass is 1650 g/mol. The lowest BCUT2D eigenvalue weighted by molar-refractivity contribution is 0.414. The highest BCUT2D eigenvalue weighted by atomic mass is 32.2. The molecule has 10 aromatic rings. The zero-order valence-corrected chi connectivity index (χ0v) is 82.0. The van der Waals surface area contributed by atoms with E-state index in [1.165, 1.54) is 147 Å². The van der Waals surface area contributed by atoms with Crippen LogP contribution in [0.5, 0.6) is 28.7 Å². The van der Waals surface area contributed by atoms with Gasteiger partial charge in [0.2, 0.25) is 0 Å². The van der Waals surface area contributed by atoms with E-state index < -0.39 is 41.3 Å². The Morgan fingerprint density at radius 2 is 0.655 bits per heavy atom. The molecule has 0 aliphatic heterocycles. The van der Waals surface area contributed by atoms with Crippen molar-refractivity contribution in [1.29, 1.82) is 0 Å². The first-order valence-electron chi connectivity index (χ1n) is 41.6. The highest BCUT2D eigenvalue weighted by Crippen LogP contribution is 2.30. The number of benzene rings is 10. The van der Waals surface area contributed by atoms with Crippen molar-refractivity contribution in [1.82, 2.24) is 0 Å². The van der Waals surface area contributed by atoms with Crippen LogP contribution in [0.25, 0.3) is 0 Å². The lowest BCUT2D eigenvalue weighted by Gasteiger charge is -2.36. The van der Waals surface area contributed by atoms with Gasteiger partial charge in [0, 0.05) is 24.3 Å². The summed E-state index contributed by atoms with van der Waals surface area (Å²) in [5, 5.41) is 7.42. The van der Waals surface area contributed by atoms with Gasteiger partial charge in [-0.25, -0.2) is 0 Å². The first-order valence-corrected chi connectivity index (χ1v) is 57.1. The summed E-state index contributed by atoms with van der Waals surface area (Å²) in [4.78, 5) is 2.76. The van der Waals surface area contributed by atoms with Crippen LogP contribution in [-0.2, 0) is 6.42 Å². The zero-order valence-electron chi connectivity index (χ0n) is 75.2. The zero-order chi connectivity index (χ0) is 84.3. The van der Waals surface area contributed by atoms with Crippen LogP contribution in [0.2, 0.25) is 79.6 Å². The molecular formula is C100H149NO5S2Si5. The van der Waals surface area contributed by atoms with Gasteiger partial charge in [0.1, 0.15) is 28.7 Å². The van der Waals surface area contributed by atoms with E-state index in [1.54, 1.807) is 47.3 Å². The van der Waals surface area contributed by atoms with Crippen LogP contribution in [0, 0.1) is 41.5 Å². The maximum absolute atomic E-state index is 5.63. The van der Waals surface area contributed by atoms with Crippen molar-refractivity contribution in [2.75, 3.05) is 58.8 Å². The summed E-state index contributed by atoms with van der Waals surface area (Å²) in [5.41, 5.74) is 10.7. The van der Waals surface area contributed by atoms with Crippen molar-refractivity contribution in [3.8, 4) is 28.7 Å². The number of hydrogen-bond acceptors (Lipinski definition) is 8. The second-order valence-electron chi connectivity index (χ2n) is 29.6. The summed E-state index contributed by atoms with van der Waals surface area (Å²) < 4.78 is 29.1. The van der Waals surface area contributed by atoms with Crippen LogP contribution in [0.4, 0.5) is 5.69 Å². The van der Waals surface area contributed by atoms with Gasteiger partial charge in [-0.1, -0.05) is 342 Å². The minimum Gasteiger partial charge on any atom is -0.497 e. The van der Waals surface area contributed by atoms with Crippen LogP contribution in [-0.4, -0.2) is 95.5 Å². The number of ether oxygens (including phenoxy) is 5. The van der Waals surface area contributed by atoms with Gasteiger partial charge in [-0.05, 0) is 196 Å². The SMILES string of the molecule is CC[SiH](CC)CSc1ccccc1.CC[Si](CC)(CC)c1cc(C)c(C)cc1OC.CC[Si](CC)(CC)c1cc(C)ccc1OC.CC[Si](CC)(CC)c1cc(C)ccc1OC.CCc1ccccc1.CN(c1ccccc1)[Si](C)(C)c1ccccc1.COc1ccc(C)cc1.COc1ccc(C)cc1.CSc1ccccc1. The molecule has 0 aromatic heterocycles. The largest absolute Gasteiger partial charge is 0.497 e. The Morgan fingerprint density at radius 3 is 0.965 bits per heavy atom. The quantitative estimate of drug-likeness (QED) is 0.0373. The van der Waals surface area contributed by atoms with Gasteiger partial charge in [-0.3, -0.25) is 0 Å². The molecule has 0 N–H and O–H groups in total. The molecule has 0 saturated heterocycles. The van der Waals surface area contributed by atoms with Crippen LogP contribution in [0.3, 0.4) is 0 Å². The molecule has 0 saturated carbocycles. The Labute approximate surface area is 705 Å². The van der Waals surface area contributed by atoms with Gasteiger partial charge in [0.25, 0.3) is 0 Å². The molecule has 10 rings (SSSR count). The van der Waals surface area contributed by atoms with E-state index >= 15 is 0 Å². The summed E-state index contributed by atoms with van der Waals surface area (Å²) in [6.45, 7) is 45.5. The third-order valence-corrected chi connectivity index (χ3v) is 49.6. The number of rotatable bonds is 27. The second kappa shape index (κ2) is 56.9. The van der Waals surface area contributed by atoms with Gasteiger partial charge in [0.05, 0.1) is 59.8 Å². The van der Waals surface area contributed by atoms with E-state index in [9.17, 15) is 0 Å². The molecule has 10 aromatic carbocycles. The van der Waals surface area contributed by atoms with E-state index in [1.807, 2.05) is 84.6 Å². The van der Waals surface area contributed by atoms with E-state index in [-0.39, 0.29) is 0 Å². The Balaban J connectivity index is 0.000000437. The van der Waals surface area contributed by atoms with Crippen LogP contribution >= 0.6 is 23.5 Å². The van der Waals surface area contributed by atoms with Crippen molar-refractivity contribution < 1.29 is 23.7 Å². The van der Waals surface area contributed by atoms with Gasteiger partial charge in [0.15, 0.2) is 8.24 Å². The standard InChI is InChI=1S/C15H19NSi.C15H26OSi.2C14H24OSi.C11H18SSi.2C8H10O.C8H10.C7H8S/c1-16(14-10-6-4-7-11-14)17(2,3)15-12-8-5-9-13-15;1-7-17(8-2,9-3)15-11-13(5)12(4)10-14(15)16-6;2*1-6-16(7-2,8-3)14-11-12(4)9-10-13(14)15-5;1-3-13(4-2)10-12-11-8-6-5-7-9-11;2*1-7-3-5-8(9-2)6-4-7;1-2-8-6-4-3-5-7-8;1-8-7-5-3-2-4-6-7/h4-13H,1-3H3;10-11H,7-9H2,1-6H3;2*9-11H,6-8H2,1-5H3;5-9,13H,3-4,10H2,1-2H3;2*3-6H,1-2H3;3-7H,2H2,1H3;2-6H,1H3. The maximum atomic E-state index is 5.63. The van der Waals surface area contributed by atoms with E-state index in [0.29, 0.717) is 0 Å². The fraction of sp³-hybridized carbons (Fsp3) is 0.400. The van der Waals surface area contributed by atoms with Crippen LogP contribution in [0.1, 0.15) is 122 Å². The minimum atomic E-state index is -1.59. The molecule has 0 atom stereocenters. The second-order valence-corrected chi connectivity index (χ2v) is 56.0. The molecule has 6 nitrogen and oxygen atoms in total. The number of methoxy groups -OCH3 is 5. The molecule has 616 valence electrons. The lowest BCUT2D eigenvalue weighted by Crippen LogP contribution is -2.56. The fourth-order valence-corrected chi connectivity index (χ4v) is 32.5.